The molecule has 20 heavy (non-hydrogen) atoms. The van der Waals surface area contributed by atoms with Crippen molar-refractivity contribution in [2.45, 2.75) is 4.90 Å². The zero-order valence-electron chi connectivity index (χ0n) is 9.86. The summed E-state index contributed by atoms with van der Waals surface area (Å²) in [6.45, 7) is 0. The Morgan fingerprint density at radius 2 is 1.85 bits per heavy atom. The molecule has 8 heteroatoms. The van der Waals surface area contributed by atoms with Gasteiger partial charge < -0.3 is 4.18 Å². The van der Waals surface area contributed by atoms with Crippen LogP contribution in [0.15, 0.2) is 47.4 Å². The Morgan fingerprint density at radius 1 is 1.05 bits per heavy atom. The third-order valence-corrected chi connectivity index (χ3v) is 4.36. The normalized spacial score (nSPS) is 11.7. The van der Waals surface area contributed by atoms with Gasteiger partial charge in [0, 0.05) is 0 Å². The molecule has 0 aliphatic heterocycles. The molecule has 0 saturated carbocycles. The van der Waals surface area contributed by atoms with Crippen molar-refractivity contribution in [3.63, 3.8) is 0 Å². The van der Waals surface area contributed by atoms with Gasteiger partial charge in [-0.25, -0.2) is 4.39 Å². The summed E-state index contributed by atoms with van der Waals surface area (Å²) in [6.07, 6.45) is 0. The van der Waals surface area contributed by atoms with E-state index < -0.39 is 15.9 Å². The third kappa shape index (κ3) is 2.23. The fraction of sp³-hybridized carbons (Fsp3) is 0. The second-order valence-corrected chi connectivity index (χ2v) is 5.90. The number of hydrogen-bond acceptors (Lipinski definition) is 6. The van der Waals surface area contributed by atoms with Gasteiger partial charge in [0.15, 0.2) is 11.6 Å². The molecule has 0 aliphatic carbocycles. The Hall–Kier alpha value is -2.06. The molecule has 0 radical (unpaired) electrons. The fourth-order valence-electron chi connectivity index (χ4n) is 1.66. The van der Waals surface area contributed by atoms with E-state index in [0.717, 1.165) is 17.8 Å². The molecule has 3 aromatic rings. The number of rotatable bonds is 3. The van der Waals surface area contributed by atoms with Crippen LogP contribution in [0.2, 0.25) is 0 Å². The van der Waals surface area contributed by atoms with E-state index in [1.165, 1.54) is 30.3 Å². The molecule has 0 N–H and O–H groups in total. The highest BCUT2D eigenvalue weighted by Gasteiger charge is 2.23. The van der Waals surface area contributed by atoms with Crippen LogP contribution in [0.1, 0.15) is 0 Å². The zero-order chi connectivity index (χ0) is 14.2. The minimum absolute atomic E-state index is 0.132. The maximum Gasteiger partial charge on any atom is 0.341 e. The van der Waals surface area contributed by atoms with Crippen molar-refractivity contribution in [1.29, 1.82) is 0 Å². The van der Waals surface area contributed by atoms with Gasteiger partial charge in [0.25, 0.3) is 0 Å². The standard InChI is InChI=1S/C12H7FN2O3S2/c13-8-4-1-2-6-10(8)18-20(16,17)11-7-3-5-9-12(11)15-19-14-9/h1-7H. The van der Waals surface area contributed by atoms with E-state index in [4.69, 9.17) is 4.18 Å². The van der Waals surface area contributed by atoms with Crippen LogP contribution in [0.25, 0.3) is 11.0 Å². The van der Waals surface area contributed by atoms with E-state index in [2.05, 4.69) is 8.75 Å². The zero-order valence-corrected chi connectivity index (χ0v) is 11.5. The molecule has 2 aromatic carbocycles. The molecule has 0 amide bonds. The largest absolute Gasteiger partial charge is 0.376 e. The summed E-state index contributed by atoms with van der Waals surface area (Å²) < 4.78 is 50.6. The number of benzene rings is 2. The quantitative estimate of drug-likeness (QED) is 0.696. The van der Waals surface area contributed by atoms with E-state index in [-0.39, 0.29) is 16.2 Å². The summed E-state index contributed by atoms with van der Waals surface area (Å²) in [4.78, 5) is -0.132. The molecule has 0 fully saturated rings. The second kappa shape index (κ2) is 4.80. The van der Waals surface area contributed by atoms with Crippen molar-refractivity contribution in [3.05, 3.63) is 48.3 Å². The Morgan fingerprint density at radius 3 is 2.65 bits per heavy atom. The van der Waals surface area contributed by atoms with Gasteiger partial charge in [0.1, 0.15) is 15.9 Å². The van der Waals surface area contributed by atoms with Crippen LogP contribution in [-0.4, -0.2) is 17.2 Å². The van der Waals surface area contributed by atoms with Crippen molar-refractivity contribution >= 4 is 32.9 Å². The minimum Gasteiger partial charge on any atom is -0.376 e. The first-order valence-corrected chi connectivity index (χ1v) is 7.62. The van der Waals surface area contributed by atoms with Gasteiger partial charge in [-0.1, -0.05) is 18.2 Å². The van der Waals surface area contributed by atoms with Crippen LogP contribution in [0.5, 0.6) is 5.75 Å². The predicted octanol–water partition coefficient (Wildman–Crippen LogP) is 2.60. The van der Waals surface area contributed by atoms with Gasteiger partial charge in [-0.05, 0) is 24.3 Å². The van der Waals surface area contributed by atoms with Crippen LogP contribution >= 0.6 is 11.7 Å². The Bertz CT molecular complexity index is 877. The summed E-state index contributed by atoms with van der Waals surface area (Å²) >= 11 is 0.899. The summed E-state index contributed by atoms with van der Waals surface area (Å²) in [5, 5.41) is 0. The fourth-order valence-corrected chi connectivity index (χ4v) is 3.36. The lowest BCUT2D eigenvalue weighted by Gasteiger charge is -2.07. The van der Waals surface area contributed by atoms with Gasteiger partial charge in [-0.3, -0.25) is 0 Å². The van der Waals surface area contributed by atoms with Gasteiger partial charge in [0.2, 0.25) is 0 Å². The minimum atomic E-state index is -4.17. The molecule has 102 valence electrons. The number of para-hydroxylation sites is 1. The van der Waals surface area contributed by atoms with Crippen molar-refractivity contribution < 1.29 is 17.0 Å². The maximum atomic E-state index is 13.5. The first-order valence-electron chi connectivity index (χ1n) is 5.48. The molecular weight excluding hydrogens is 303 g/mol. The summed E-state index contributed by atoms with van der Waals surface area (Å²) in [6, 6.07) is 9.81. The monoisotopic (exact) mass is 310 g/mol. The Labute approximate surface area is 118 Å². The molecule has 0 saturated heterocycles. The number of nitrogens with zero attached hydrogens (tertiary/aromatic N) is 2. The average molecular weight is 310 g/mol. The lowest BCUT2D eigenvalue weighted by atomic mass is 10.3. The first-order chi connectivity index (χ1) is 9.58. The number of aromatic nitrogens is 2. The average Bonchev–Trinajstić information content (AvgIpc) is 2.89. The lowest BCUT2D eigenvalue weighted by molar-refractivity contribution is 0.462. The molecule has 0 bridgehead atoms. The predicted molar refractivity (Wildman–Crippen MR) is 71.6 cm³/mol. The van der Waals surface area contributed by atoms with Crippen LogP contribution in [0.3, 0.4) is 0 Å². The Kier molecular flexibility index (Phi) is 3.11. The highest BCUT2D eigenvalue weighted by molar-refractivity contribution is 7.87. The summed E-state index contributed by atoms with van der Waals surface area (Å²) in [5.41, 5.74) is 0.669. The van der Waals surface area contributed by atoms with Crippen molar-refractivity contribution in [2.24, 2.45) is 0 Å². The molecule has 0 spiro atoms. The van der Waals surface area contributed by atoms with Crippen LogP contribution in [0, 0.1) is 5.82 Å². The van der Waals surface area contributed by atoms with Crippen LogP contribution in [0.4, 0.5) is 4.39 Å². The molecular formula is C12H7FN2O3S2. The first kappa shape index (κ1) is 12.9. The highest BCUT2D eigenvalue weighted by Crippen LogP contribution is 2.26. The molecule has 0 atom stereocenters. The van der Waals surface area contributed by atoms with Crippen molar-refractivity contribution in [3.8, 4) is 5.75 Å². The highest BCUT2D eigenvalue weighted by atomic mass is 32.2. The SMILES string of the molecule is O=S(=O)(Oc1ccccc1F)c1cccc2nsnc12. The van der Waals surface area contributed by atoms with Crippen LogP contribution in [-0.2, 0) is 10.1 Å². The Balaban J connectivity index is 2.09. The molecule has 0 aliphatic rings. The van der Waals surface area contributed by atoms with Gasteiger partial charge in [0.05, 0.1) is 11.7 Å². The smallest absolute Gasteiger partial charge is 0.341 e. The van der Waals surface area contributed by atoms with E-state index in [9.17, 15) is 12.8 Å². The summed E-state index contributed by atoms with van der Waals surface area (Å²) in [5.74, 6) is -1.10. The van der Waals surface area contributed by atoms with E-state index >= 15 is 0 Å². The maximum absolute atomic E-state index is 13.5. The third-order valence-electron chi connectivity index (χ3n) is 2.55. The van der Waals surface area contributed by atoms with Gasteiger partial charge >= 0.3 is 10.1 Å². The molecule has 5 nitrogen and oxygen atoms in total. The number of fused-ring (bicyclic) bond motifs is 1. The lowest BCUT2D eigenvalue weighted by Crippen LogP contribution is -2.11. The van der Waals surface area contributed by atoms with Crippen LogP contribution < -0.4 is 4.18 Å². The molecule has 0 unspecified atom stereocenters. The van der Waals surface area contributed by atoms with E-state index in [1.807, 2.05) is 0 Å². The molecule has 1 aromatic heterocycles. The topological polar surface area (TPSA) is 69.2 Å². The molecule has 3 rings (SSSR count). The van der Waals surface area contributed by atoms with Gasteiger partial charge in [-0.15, -0.1) is 0 Å². The molecule has 1 heterocycles. The van der Waals surface area contributed by atoms with E-state index in [0.29, 0.717) is 5.52 Å². The van der Waals surface area contributed by atoms with E-state index in [1.54, 1.807) is 6.07 Å². The number of halogens is 1. The number of hydrogen-bond donors (Lipinski definition) is 0. The van der Waals surface area contributed by atoms with Crippen molar-refractivity contribution in [1.82, 2.24) is 8.75 Å². The van der Waals surface area contributed by atoms with Crippen molar-refractivity contribution in [2.75, 3.05) is 0 Å². The second-order valence-electron chi connectivity index (χ2n) is 3.86. The summed E-state index contributed by atoms with van der Waals surface area (Å²) in [7, 11) is -4.17. The van der Waals surface area contributed by atoms with Gasteiger partial charge in [-0.2, -0.15) is 17.2 Å².